The van der Waals surface area contributed by atoms with Gasteiger partial charge >= 0.3 is 0 Å². The van der Waals surface area contributed by atoms with Crippen LogP contribution in [0.2, 0.25) is 0 Å². The molecule has 2 N–H and O–H groups in total. The molecule has 0 saturated heterocycles. The molecule has 2 aromatic carbocycles. The van der Waals surface area contributed by atoms with Gasteiger partial charge in [-0.1, -0.05) is 42.0 Å². The zero-order valence-corrected chi connectivity index (χ0v) is 16.0. The van der Waals surface area contributed by atoms with Crippen LogP contribution in [0.25, 0.3) is 0 Å². The van der Waals surface area contributed by atoms with Crippen LogP contribution in [0.3, 0.4) is 0 Å². The lowest BCUT2D eigenvalue weighted by atomic mass is 10.1. The highest BCUT2D eigenvalue weighted by Gasteiger charge is 2.04. The van der Waals surface area contributed by atoms with Crippen LogP contribution in [-0.4, -0.2) is 17.9 Å². The Morgan fingerprint density at radius 3 is 2.25 bits per heavy atom. The van der Waals surface area contributed by atoms with E-state index in [0.29, 0.717) is 19.0 Å². The first-order valence-corrected chi connectivity index (χ1v) is 7.32. The second kappa shape index (κ2) is 9.86. The van der Waals surface area contributed by atoms with Gasteiger partial charge in [-0.3, -0.25) is 15.1 Å². The van der Waals surface area contributed by atoms with Crippen molar-refractivity contribution in [2.75, 3.05) is 7.05 Å². The van der Waals surface area contributed by atoms with Crippen molar-refractivity contribution in [2.24, 2.45) is 4.99 Å². The third kappa shape index (κ3) is 6.15. The van der Waals surface area contributed by atoms with Gasteiger partial charge in [0.15, 0.2) is 5.96 Å². The van der Waals surface area contributed by atoms with Crippen molar-refractivity contribution in [3.63, 3.8) is 0 Å². The topological polar surface area (TPSA) is 79.6 Å². The van der Waals surface area contributed by atoms with Crippen LogP contribution in [0.15, 0.2) is 53.5 Å². The Morgan fingerprint density at radius 2 is 1.71 bits per heavy atom. The summed E-state index contributed by atoms with van der Waals surface area (Å²) in [4.78, 5) is 14.4. The molecule has 0 unspecified atom stereocenters. The molecule has 0 heterocycles. The smallest absolute Gasteiger partial charge is 0.269 e. The van der Waals surface area contributed by atoms with Gasteiger partial charge in [0.2, 0.25) is 0 Å². The Hall–Kier alpha value is -2.16. The molecule has 128 valence electrons. The maximum Gasteiger partial charge on any atom is 0.269 e. The first-order valence-electron chi connectivity index (χ1n) is 7.32. The Kier molecular flexibility index (Phi) is 8.17. The summed E-state index contributed by atoms with van der Waals surface area (Å²) >= 11 is 0. The third-order valence-corrected chi connectivity index (χ3v) is 3.37. The summed E-state index contributed by atoms with van der Waals surface area (Å²) in [7, 11) is 1.71. The number of guanidine groups is 1. The van der Waals surface area contributed by atoms with Crippen LogP contribution in [0.1, 0.15) is 16.7 Å². The lowest BCUT2D eigenvalue weighted by Gasteiger charge is -2.12. The molecule has 0 aromatic heterocycles. The standard InChI is InChI=1S/C17H20N4O2.HI/c1-13-4-3-5-15(10-13)12-20-17(18-2)19-11-14-6-8-16(9-7-14)21(22)23;/h3-10H,11-12H2,1-2H3,(H2,18,19,20);1H. The molecular formula is C17H21IN4O2. The molecule has 0 saturated carbocycles. The Balaban J connectivity index is 0.00000288. The minimum absolute atomic E-state index is 0. The fourth-order valence-corrected chi connectivity index (χ4v) is 2.15. The van der Waals surface area contributed by atoms with Crippen LogP contribution in [-0.2, 0) is 13.1 Å². The minimum Gasteiger partial charge on any atom is -0.352 e. The van der Waals surface area contributed by atoms with E-state index >= 15 is 0 Å². The molecule has 0 amide bonds. The van der Waals surface area contributed by atoms with Gasteiger partial charge in [0.25, 0.3) is 5.69 Å². The van der Waals surface area contributed by atoms with E-state index in [2.05, 4.69) is 40.7 Å². The summed E-state index contributed by atoms with van der Waals surface area (Å²) < 4.78 is 0. The van der Waals surface area contributed by atoms with Gasteiger partial charge in [0, 0.05) is 32.3 Å². The van der Waals surface area contributed by atoms with Gasteiger partial charge in [0.1, 0.15) is 0 Å². The normalized spacial score (nSPS) is 10.7. The number of benzene rings is 2. The number of aliphatic imine (C=N–C) groups is 1. The lowest BCUT2D eigenvalue weighted by molar-refractivity contribution is -0.384. The quantitative estimate of drug-likeness (QED) is 0.246. The van der Waals surface area contributed by atoms with Crippen molar-refractivity contribution in [3.8, 4) is 0 Å². The number of nitrogens with zero attached hydrogens (tertiary/aromatic N) is 2. The first-order chi connectivity index (χ1) is 11.1. The van der Waals surface area contributed by atoms with E-state index in [1.807, 2.05) is 6.07 Å². The predicted molar refractivity (Wildman–Crippen MR) is 107 cm³/mol. The zero-order chi connectivity index (χ0) is 16.7. The highest BCUT2D eigenvalue weighted by Crippen LogP contribution is 2.11. The first kappa shape index (κ1) is 19.9. The molecule has 0 spiro atoms. The van der Waals surface area contributed by atoms with Gasteiger partial charge < -0.3 is 10.6 Å². The second-order valence-corrected chi connectivity index (χ2v) is 5.19. The van der Waals surface area contributed by atoms with E-state index in [-0.39, 0.29) is 29.7 Å². The number of hydrogen-bond donors (Lipinski definition) is 2. The number of halogens is 1. The van der Waals surface area contributed by atoms with Gasteiger partial charge in [-0.05, 0) is 18.1 Å². The second-order valence-electron chi connectivity index (χ2n) is 5.19. The van der Waals surface area contributed by atoms with Crippen molar-refractivity contribution in [2.45, 2.75) is 20.0 Å². The molecule has 7 heteroatoms. The van der Waals surface area contributed by atoms with Crippen molar-refractivity contribution in [1.82, 2.24) is 10.6 Å². The number of nitro groups is 1. The molecule has 0 bridgehead atoms. The van der Waals surface area contributed by atoms with E-state index in [4.69, 9.17) is 0 Å². The molecule has 0 fully saturated rings. The van der Waals surface area contributed by atoms with Crippen LogP contribution >= 0.6 is 24.0 Å². The molecule has 0 aliphatic heterocycles. The van der Waals surface area contributed by atoms with Gasteiger partial charge in [-0.25, -0.2) is 0 Å². The van der Waals surface area contributed by atoms with Gasteiger partial charge in [0.05, 0.1) is 4.92 Å². The fraction of sp³-hybridized carbons (Fsp3) is 0.235. The molecular weight excluding hydrogens is 419 g/mol. The molecule has 0 atom stereocenters. The number of aryl methyl sites for hydroxylation is 1. The fourth-order valence-electron chi connectivity index (χ4n) is 2.15. The minimum atomic E-state index is -0.403. The molecule has 2 rings (SSSR count). The van der Waals surface area contributed by atoms with Crippen molar-refractivity contribution in [3.05, 3.63) is 75.3 Å². The number of rotatable bonds is 5. The number of nitro benzene ring substituents is 1. The molecule has 6 nitrogen and oxygen atoms in total. The largest absolute Gasteiger partial charge is 0.352 e. The number of non-ortho nitro benzene ring substituents is 1. The summed E-state index contributed by atoms with van der Waals surface area (Å²) in [6.07, 6.45) is 0. The van der Waals surface area contributed by atoms with E-state index in [1.165, 1.54) is 23.3 Å². The Morgan fingerprint density at radius 1 is 1.08 bits per heavy atom. The van der Waals surface area contributed by atoms with E-state index in [0.717, 1.165) is 5.56 Å². The Labute approximate surface area is 158 Å². The maximum atomic E-state index is 10.6. The van der Waals surface area contributed by atoms with E-state index in [1.54, 1.807) is 19.2 Å². The molecule has 0 radical (unpaired) electrons. The zero-order valence-electron chi connectivity index (χ0n) is 13.7. The molecule has 24 heavy (non-hydrogen) atoms. The molecule has 0 aliphatic rings. The monoisotopic (exact) mass is 440 g/mol. The van der Waals surface area contributed by atoms with Gasteiger partial charge in [-0.15, -0.1) is 24.0 Å². The van der Waals surface area contributed by atoms with Crippen molar-refractivity contribution in [1.29, 1.82) is 0 Å². The van der Waals surface area contributed by atoms with E-state index in [9.17, 15) is 10.1 Å². The van der Waals surface area contributed by atoms with Crippen LogP contribution < -0.4 is 10.6 Å². The summed E-state index contributed by atoms with van der Waals surface area (Å²) in [5, 5.41) is 17.1. The predicted octanol–water partition coefficient (Wildman–Crippen LogP) is 3.39. The Bertz CT molecular complexity index is 702. The van der Waals surface area contributed by atoms with Crippen LogP contribution in [0, 0.1) is 17.0 Å². The summed E-state index contributed by atoms with van der Waals surface area (Å²) in [5.74, 6) is 0.685. The number of hydrogen-bond acceptors (Lipinski definition) is 3. The summed E-state index contributed by atoms with van der Waals surface area (Å²) in [6, 6.07) is 14.7. The van der Waals surface area contributed by atoms with Gasteiger partial charge in [-0.2, -0.15) is 0 Å². The molecule has 2 aromatic rings. The average Bonchev–Trinajstić information content (AvgIpc) is 2.55. The van der Waals surface area contributed by atoms with Crippen molar-refractivity contribution >= 4 is 35.6 Å². The average molecular weight is 440 g/mol. The summed E-state index contributed by atoms with van der Waals surface area (Å²) in [5.41, 5.74) is 3.45. The van der Waals surface area contributed by atoms with Crippen LogP contribution in [0.4, 0.5) is 5.69 Å². The lowest BCUT2D eigenvalue weighted by Crippen LogP contribution is -2.36. The van der Waals surface area contributed by atoms with Crippen LogP contribution in [0.5, 0.6) is 0 Å². The third-order valence-electron chi connectivity index (χ3n) is 3.37. The molecule has 0 aliphatic carbocycles. The van der Waals surface area contributed by atoms with Crippen molar-refractivity contribution < 1.29 is 4.92 Å². The highest BCUT2D eigenvalue weighted by molar-refractivity contribution is 14.0. The SMILES string of the molecule is CN=C(NCc1ccc([N+](=O)[O-])cc1)NCc1cccc(C)c1.I. The highest BCUT2D eigenvalue weighted by atomic mass is 127. The number of nitrogens with one attached hydrogen (secondary N) is 2. The van der Waals surface area contributed by atoms with E-state index < -0.39 is 4.92 Å². The summed E-state index contributed by atoms with van der Waals surface area (Å²) in [6.45, 7) is 3.29. The maximum absolute atomic E-state index is 10.6.